The Balaban J connectivity index is -0.000000500. The van der Waals surface area contributed by atoms with Crippen molar-refractivity contribution in [3.8, 4) is 0 Å². The fraction of sp³-hybridized carbons (Fsp3) is 1.00. The summed E-state index contributed by atoms with van der Waals surface area (Å²) in [7, 11) is -12.6. The minimum atomic E-state index is -5.25. The number of rotatable bonds is 4. The van der Waals surface area contributed by atoms with E-state index in [2.05, 4.69) is 8.62 Å². The maximum atomic E-state index is 10.1. The molecule has 0 aromatic heterocycles. The van der Waals surface area contributed by atoms with Gasteiger partial charge in [0.15, 0.2) is 0 Å². The summed E-state index contributed by atoms with van der Waals surface area (Å²) in [5.74, 6) is 0. The van der Waals surface area contributed by atoms with Gasteiger partial charge in [0.05, 0.1) is 0 Å². The molecule has 0 saturated heterocycles. The minimum Gasteiger partial charge on any atom is -0.750 e. The molecular weight excluding hydrogens is 373 g/mol. The molecule has 73 valence electrons. The van der Waals surface area contributed by atoms with Gasteiger partial charge in [-0.05, 0) is 9.13 Å². The van der Waals surface area contributed by atoms with Crippen LogP contribution in [0.5, 0.6) is 0 Å². The molecule has 0 heterocycles. The molecule has 0 fully saturated rings. The first-order valence-corrected chi connectivity index (χ1v) is 5.48. The Labute approximate surface area is 110 Å². The van der Waals surface area contributed by atoms with Crippen molar-refractivity contribution in [2.24, 2.45) is 0 Å². The monoisotopic (exact) mass is 377 g/mol. The summed E-state index contributed by atoms with van der Waals surface area (Å²) in [6.45, 7) is 0. The molecule has 12 heteroatoms. The Morgan fingerprint density at radius 2 is 1.31 bits per heavy atom. The summed E-state index contributed by atoms with van der Waals surface area (Å²) in [6.07, 6.45) is 0. The van der Waals surface area contributed by atoms with E-state index < -0.39 is 24.3 Å². The van der Waals surface area contributed by atoms with Crippen LogP contribution >= 0.6 is 24.3 Å². The third-order valence-electron chi connectivity index (χ3n) is 0.333. The number of phosphoric acid groups is 1. The van der Waals surface area contributed by atoms with Gasteiger partial charge < -0.3 is 14.7 Å². The van der Waals surface area contributed by atoms with Gasteiger partial charge >= 0.3 is 66.1 Å². The van der Waals surface area contributed by atoms with E-state index >= 15 is 0 Å². The molecule has 2 unspecified atom stereocenters. The zero-order chi connectivity index (χ0) is 9.07. The van der Waals surface area contributed by atoms with E-state index in [1.807, 2.05) is 0 Å². The maximum Gasteiger partial charge on any atom is 3.00 e. The Kier molecular flexibility index (Phi) is 13.7. The molecule has 0 aliphatic heterocycles. The zero-order valence-electron chi connectivity index (χ0n) is 5.11. The van der Waals surface area contributed by atoms with Gasteiger partial charge in [0.2, 0.25) is 0 Å². The molecule has 0 aromatic carbocycles. The van der Waals surface area contributed by atoms with Crippen LogP contribution in [0.4, 0.5) is 0 Å². The standard InChI is InChI=1S/CH4.Ce.HO8P3/c;;1-9(2)7-11(5,6)8-10(3)4/h1H4;;(H,5,6)/q;+3;/p-1. The van der Waals surface area contributed by atoms with Crippen LogP contribution in [0.2, 0.25) is 0 Å². The molecule has 0 spiro atoms. The summed E-state index contributed by atoms with van der Waals surface area (Å²) in [5, 5.41) is 0. The number of hydrogen-bond acceptors (Lipinski definition) is 8. The van der Waals surface area contributed by atoms with Gasteiger partial charge in [-0.15, -0.1) is 0 Å². The van der Waals surface area contributed by atoms with Crippen LogP contribution in [0.15, 0.2) is 0 Å². The van der Waals surface area contributed by atoms with E-state index in [1.165, 1.54) is 0 Å². The SMILES string of the molecule is C.O=[P+]([O-])OP(=O)([O-])O[P+](=O)[O-].[Ce+3]. The molecule has 8 nitrogen and oxygen atoms in total. The molecule has 1 radical (unpaired) electrons. The Morgan fingerprint density at radius 3 is 1.46 bits per heavy atom. The molecule has 0 amide bonds. The zero-order valence-corrected chi connectivity index (χ0v) is 10.9. The first-order valence-electron chi connectivity index (χ1n) is 1.83. The molecule has 13 heavy (non-hydrogen) atoms. The molecular formula is CH4CeO8P3+2. The van der Waals surface area contributed by atoms with Crippen molar-refractivity contribution in [2.45, 2.75) is 7.43 Å². The summed E-state index contributed by atoms with van der Waals surface area (Å²) in [4.78, 5) is 29.2. The Bertz CT molecular complexity index is 205. The molecule has 0 aromatic rings. The van der Waals surface area contributed by atoms with Crippen LogP contribution in [0, 0.1) is 41.7 Å². The van der Waals surface area contributed by atoms with Crippen LogP contribution in [-0.2, 0) is 22.3 Å². The van der Waals surface area contributed by atoms with Crippen molar-refractivity contribution in [3.05, 3.63) is 0 Å². The van der Waals surface area contributed by atoms with Gasteiger partial charge in [-0.3, -0.25) is 4.57 Å². The van der Waals surface area contributed by atoms with Crippen LogP contribution in [0.1, 0.15) is 7.43 Å². The van der Waals surface area contributed by atoms with Gasteiger partial charge in [0.1, 0.15) is 0 Å². The van der Waals surface area contributed by atoms with E-state index in [9.17, 15) is 28.4 Å². The van der Waals surface area contributed by atoms with Gasteiger partial charge in [0, 0.05) is 0 Å². The van der Waals surface area contributed by atoms with Crippen LogP contribution in [-0.4, -0.2) is 0 Å². The van der Waals surface area contributed by atoms with E-state index in [0.717, 1.165) is 0 Å². The molecule has 0 saturated carbocycles. The Morgan fingerprint density at radius 1 is 1.08 bits per heavy atom. The van der Waals surface area contributed by atoms with Crippen molar-refractivity contribution < 1.29 is 78.7 Å². The Hall–Kier alpha value is 1.61. The summed E-state index contributed by atoms with van der Waals surface area (Å²) >= 11 is 0. The molecule has 0 aliphatic rings. The van der Waals surface area contributed by atoms with Crippen LogP contribution in [0.25, 0.3) is 0 Å². The molecule has 0 aliphatic carbocycles. The first kappa shape index (κ1) is 20.1. The normalized spacial score (nSPS) is 15.9. The summed E-state index contributed by atoms with van der Waals surface area (Å²) in [6, 6.07) is 0. The van der Waals surface area contributed by atoms with Gasteiger partial charge in [-0.2, -0.15) is 0 Å². The van der Waals surface area contributed by atoms with E-state index in [-0.39, 0.29) is 49.2 Å². The third kappa shape index (κ3) is 13.6. The smallest absolute Gasteiger partial charge is 0.750 e. The summed E-state index contributed by atoms with van der Waals surface area (Å²) < 4.78 is 35.4. The second-order valence-corrected chi connectivity index (χ2v) is 4.15. The average Bonchev–Trinajstić information content (AvgIpc) is 1.53. The van der Waals surface area contributed by atoms with E-state index in [0.29, 0.717) is 0 Å². The van der Waals surface area contributed by atoms with Crippen molar-refractivity contribution in [2.75, 3.05) is 0 Å². The quantitative estimate of drug-likeness (QED) is 0.578. The van der Waals surface area contributed by atoms with Crippen molar-refractivity contribution in [1.82, 2.24) is 0 Å². The predicted molar refractivity (Wildman–Crippen MR) is 31.7 cm³/mol. The second-order valence-electron chi connectivity index (χ2n) is 1.06. The van der Waals surface area contributed by atoms with Crippen LogP contribution in [0.3, 0.4) is 0 Å². The van der Waals surface area contributed by atoms with Gasteiger partial charge in [0.25, 0.3) is 0 Å². The minimum absolute atomic E-state index is 0. The molecule has 2 atom stereocenters. The molecule has 0 N–H and O–H groups in total. The second kappa shape index (κ2) is 8.88. The first-order chi connectivity index (χ1) is 4.83. The topological polar surface area (TPSA) is 139 Å². The third-order valence-corrected chi connectivity index (χ3v) is 3.00. The van der Waals surface area contributed by atoms with Gasteiger partial charge in [-0.25, -0.2) is 0 Å². The van der Waals surface area contributed by atoms with Gasteiger partial charge in [-0.1, -0.05) is 16.0 Å². The van der Waals surface area contributed by atoms with Crippen molar-refractivity contribution >= 4 is 24.3 Å². The van der Waals surface area contributed by atoms with E-state index in [1.54, 1.807) is 0 Å². The molecule has 0 bridgehead atoms. The molecule has 0 rings (SSSR count). The van der Waals surface area contributed by atoms with Crippen molar-refractivity contribution in [3.63, 3.8) is 0 Å². The maximum absolute atomic E-state index is 10.1. The summed E-state index contributed by atoms with van der Waals surface area (Å²) in [5.41, 5.74) is 0. The fourth-order valence-electron chi connectivity index (χ4n) is 0.178. The average molecular weight is 377 g/mol. The largest absolute Gasteiger partial charge is 3.00 e. The number of hydrogen-bond donors (Lipinski definition) is 0. The fourth-order valence-corrected chi connectivity index (χ4v) is 1.87. The van der Waals surface area contributed by atoms with Crippen molar-refractivity contribution in [1.29, 1.82) is 0 Å². The van der Waals surface area contributed by atoms with E-state index in [4.69, 9.17) is 0 Å². The van der Waals surface area contributed by atoms with Crippen LogP contribution < -0.4 is 14.7 Å². The predicted octanol–water partition coefficient (Wildman–Crippen LogP) is -0.841.